The van der Waals surface area contributed by atoms with Crippen molar-refractivity contribution in [2.45, 2.75) is 6.54 Å². The first-order chi connectivity index (χ1) is 16.3. The molecule has 4 rings (SSSR count). The molecule has 10 nitrogen and oxygen atoms in total. The maximum Gasteiger partial charge on any atom is 0.270 e. The number of anilines is 1. The van der Waals surface area contributed by atoms with E-state index in [1.54, 1.807) is 12.1 Å². The van der Waals surface area contributed by atoms with E-state index < -0.39 is 35.1 Å². The minimum atomic E-state index is -0.798. The van der Waals surface area contributed by atoms with Crippen LogP contribution in [0.5, 0.6) is 0 Å². The number of carbonyl (C=O) groups is 4. The number of benzene rings is 3. The lowest BCUT2D eigenvalue weighted by Gasteiger charge is -2.15. The van der Waals surface area contributed by atoms with Gasteiger partial charge in [0.15, 0.2) is 0 Å². The van der Waals surface area contributed by atoms with Crippen molar-refractivity contribution in [2.24, 2.45) is 0 Å². The highest BCUT2D eigenvalue weighted by Crippen LogP contribution is 2.27. The van der Waals surface area contributed by atoms with Gasteiger partial charge in [0.1, 0.15) is 6.54 Å². The summed E-state index contributed by atoms with van der Waals surface area (Å²) in [5, 5.41) is 16.3. The average Bonchev–Trinajstić information content (AvgIpc) is 3.07. The van der Waals surface area contributed by atoms with Gasteiger partial charge in [0, 0.05) is 18.7 Å². The average molecular weight is 458 g/mol. The molecule has 0 saturated carbocycles. The standard InChI is InChI=1S/C24H18N4O6/c29-21(14-27-23(31)17-11-10-16(28(33)34)12-19(17)24(27)32)26-20-9-5-4-8-18(20)22(30)25-13-15-6-2-1-3-7-15/h1-12H,13-14H2,(H,25,30)(H,26,29). The van der Waals surface area contributed by atoms with Crippen LogP contribution in [0.3, 0.4) is 0 Å². The predicted molar refractivity (Wildman–Crippen MR) is 121 cm³/mol. The molecule has 0 saturated heterocycles. The summed E-state index contributed by atoms with van der Waals surface area (Å²) in [6.45, 7) is -0.316. The van der Waals surface area contributed by atoms with Crippen LogP contribution in [0.4, 0.5) is 11.4 Å². The number of imide groups is 1. The fourth-order valence-corrected chi connectivity index (χ4v) is 3.53. The SMILES string of the molecule is O=C(CN1C(=O)c2ccc([N+](=O)[O-])cc2C1=O)Nc1ccccc1C(=O)NCc1ccccc1. The molecule has 0 spiro atoms. The third kappa shape index (κ3) is 4.51. The summed E-state index contributed by atoms with van der Waals surface area (Å²) in [5.74, 6) is -2.63. The van der Waals surface area contributed by atoms with Crippen LogP contribution in [0.1, 0.15) is 36.6 Å². The van der Waals surface area contributed by atoms with E-state index in [2.05, 4.69) is 10.6 Å². The number of rotatable bonds is 7. The van der Waals surface area contributed by atoms with Crippen molar-refractivity contribution in [1.82, 2.24) is 10.2 Å². The molecule has 0 fully saturated rings. The molecule has 10 heteroatoms. The number of hydrogen-bond acceptors (Lipinski definition) is 6. The fourth-order valence-electron chi connectivity index (χ4n) is 3.53. The van der Waals surface area contributed by atoms with Crippen LogP contribution in [-0.2, 0) is 11.3 Å². The Morgan fingerprint density at radius 1 is 0.882 bits per heavy atom. The number of nitrogens with one attached hydrogen (secondary N) is 2. The third-order valence-corrected chi connectivity index (χ3v) is 5.21. The number of para-hydroxylation sites is 1. The van der Waals surface area contributed by atoms with Gasteiger partial charge < -0.3 is 10.6 Å². The Balaban J connectivity index is 1.44. The smallest absolute Gasteiger partial charge is 0.270 e. The second-order valence-electron chi connectivity index (χ2n) is 7.45. The topological polar surface area (TPSA) is 139 Å². The Bertz CT molecular complexity index is 1320. The van der Waals surface area contributed by atoms with E-state index in [1.165, 1.54) is 18.2 Å². The fraction of sp³-hybridized carbons (Fsp3) is 0.0833. The number of non-ortho nitro benzene ring substituents is 1. The number of nitrogens with zero attached hydrogens (tertiary/aromatic N) is 2. The van der Waals surface area contributed by atoms with Gasteiger partial charge in [0.2, 0.25) is 5.91 Å². The molecular weight excluding hydrogens is 440 g/mol. The summed E-state index contributed by atoms with van der Waals surface area (Å²) in [6, 6.07) is 19.0. The lowest BCUT2D eigenvalue weighted by molar-refractivity contribution is -0.384. The quantitative estimate of drug-likeness (QED) is 0.317. The molecule has 1 aliphatic rings. The maximum absolute atomic E-state index is 12.7. The summed E-state index contributed by atoms with van der Waals surface area (Å²) >= 11 is 0. The summed E-state index contributed by atoms with van der Waals surface area (Å²) in [5.41, 5.74) is 0.858. The number of hydrogen-bond donors (Lipinski definition) is 2. The second-order valence-corrected chi connectivity index (χ2v) is 7.45. The van der Waals surface area contributed by atoms with Crippen molar-refractivity contribution in [3.8, 4) is 0 Å². The van der Waals surface area contributed by atoms with Crippen LogP contribution in [0.25, 0.3) is 0 Å². The van der Waals surface area contributed by atoms with Crippen LogP contribution in [0.2, 0.25) is 0 Å². The summed E-state index contributed by atoms with van der Waals surface area (Å²) < 4.78 is 0. The van der Waals surface area contributed by atoms with E-state index in [0.717, 1.165) is 17.7 Å². The highest BCUT2D eigenvalue weighted by molar-refractivity contribution is 6.23. The Labute approximate surface area is 193 Å². The molecule has 2 N–H and O–H groups in total. The van der Waals surface area contributed by atoms with E-state index in [9.17, 15) is 29.3 Å². The van der Waals surface area contributed by atoms with Crippen LogP contribution in [0.15, 0.2) is 72.8 Å². The molecule has 170 valence electrons. The Morgan fingerprint density at radius 2 is 1.56 bits per heavy atom. The van der Waals surface area contributed by atoms with Gasteiger partial charge in [0.25, 0.3) is 23.4 Å². The first-order valence-electron chi connectivity index (χ1n) is 10.2. The molecular formula is C24H18N4O6. The molecule has 34 heavy (non-hydrogen) atoms. The number of amides is 4. The highest BCUT2D eigenvalue weighted by atomic mass is 16.6. The Hall–Kier alpha value is -4.86. The number of nitro benzene ring substituents is 1. The number of nitro groups is 1. The van der Waals surface area contributed by atoms with Crippen molar-refractivity contribution in [2.75, 3.05) is 11.9 Å². The maximum atomic E-state index is 12.7. The summed E-state index contributed by atoms with van der Waals surface area (Å²) in [6.07, 6.45) is 0. The van der Waals surface area contributed by atoms with Gasteiger partial charge in [-0.25, -0.2) is 0 Å². The van der Waals surface area contributed by atoms with Crippen LogP contribution in [0, 0.1) is 10.1 Å². The second kappa shape index (κ2) is 9.33. The zero-order valence-corrected chi connectivity index (χ0v) is 17.7. The van der Waals surface area contributed by atoms with E-state index in [1.807, 2.05) is 30.3 Å². The van der Waals surface area contributed by atoms with Crippen molar-refractivity contribution >= 4 is 35.0 Å². The van der Waals surface area contributed by atoms with Gasteiger partial charge in [-0.15, -0.1) is 0 Å². The Morgan fingerprint density at radius 3 is 2.29 bits per heavy atom. The van der Waals surface area contributed by atoms with Crippen LogP contribution < -0.4 is 10.6 Å². The number of fused-ring (bicyclic) bond motifs is 1. The minimum Gasteiger partial charge on any atom is -0.348 e. The van der Waals surface area contributed by atoms with Crippen molar-refractivity contribution in [3.63, 3.8) is 0 Å². The van der Waals surface area contributed by atoms with E-state index >= 15 is 0 Å². The molecule has 0 aliphatic carbocycles. The molecule has 3 aromatic rings. The predicted octanol–water partition coefficient (Wildman–Crippen LogP) is 2.76. The van der Waals surface area contributed by atoms with E-state index in [0.29, 0.717) is 11.4 Å². The molecule has 0 radical (unpaired) electrons. The summed E-state index contributed by atoms with van der Waals surface area (Å²) in [4.78, 5) is 61.5. The van der Waals surface area contributed by atoms with Gasteiger partial charge in [-0.2, -0.15) is 0 Å². The van der Waals surface area contributed by atoms with Gasteiger partial charge >= 0.3 is 0 Å². The van der Waals surface area contributed by atoms with Crippen molar-refractivity contribution < 1.29 is 24.1 Å². The van der Waals surface area contributed by atoms with Crippen LogP contribution in [-0.4, -0.2) is 40.0 Å². The first kappa shape index (κ1) is 22.3. The molecule has 0 aromatic heterocycles. The minimum absolute atomic E-state index is 0.0101. The number of carbonyl (C=O) groups excluding carboxylic acids is 4. The van der Waals surface area contributed by atoms with Crippen molar-refractivity contribution in [1.29, 1.82) is 0 Å². The van der Waals surface area contributed by atoms with Gasteiger partial charge in [-0.1, -0.05) is 42.5 Å². The molecule has 4 amide bonds. The van der Waals surface area contributed by atoms with E-state index in [4.69, 9.17) is 0 Å². The monoisotopic (exact) mass is 458 g/mol. The van der Waals surface area contributed by atoms with Gasteiger partial charge in [0.05, 0.1) is 27.3 Å². The lowest BCUT2D eigenvalue weighted by atomic mass is 10.1. The molecule has 0 atom stereocenters. The summed E-state index contributed by atoms with van der Waals surface area (Å²) in [7, 11) is 0. The zero-order valence-electron chi connectivity index (χ0n) is 17.7. The highest BCUT2D eigenvalue weighted by Gasteiger charge is 2.37. The van der Waals surface area contributed by atoms with Gasteiger partial charge in [-0.3, -0.25) is 34.2 Å². The molecule has 1 heterocycles. The molecule has 0 unspecified atom stereocenters. The molecule has 3 aromatic carbocycles. The zero-order chi connectivity index (χ0) is 24.2. The first-order valence-corrected chi connectivity index (χ1v) is 10.2. The largest absolute Gasteiger partial charge is 0.348 e. The van der Waals surface area contributed by atoms with Crippen LogP contribution >= 0.6 is 0 Å². The van der Waals surface area contributed by atoms with Gasteiger partial charge in [-0.05, 0) is 23.8 Å². The molecule has 1 aliphatic heterocycles. The Kier molecular flexibility index (Phi) is 6.13. The lowest BCUT2D eigenvalue weighted by Crippen LogP contribution is -2.37. The third-order valence-electron chi connectivity index (χ3n) is 5.21. The normalized spacial score (nSPS) is 12.3. The van der Waals surface area contributed by atoms with E-state index in [-0.39, 0.29) is 28.1 Å². The van der Waals surface area contributed by atoms with Crippen molar-refractivity contribution in [3.05, 3.63) is 105 Å². The molecule has 0 bridgehead atoms.